The van der Waals surface area contributed by atoms with E-state index in [9.17, 15) is 19.2 Å². The molecule has 1 aliphatic heterocycles. The third-order valence-electron chi connectivity index (χ3n) is 5.01. The third-order valence-corrected chi connectivity index (χ3v) is 5.01. The average Bonchev–Trinajstić information content (AvgIpc) is 2.79. The number of nitrogens with zero attached hydrogens (tertiary/aromatic N) is 1. The average molecular weight is 345 g/mol. The Hall–Kier alpha value is -2.70. The lowest BCUT2D eigenvalue weighted by molar-refractivity contribution is -0.247. The van der Waals surface area contributed by atoms with Crippen molar-refractivity contribution in [2.45, 2.75) is 33.1 Å². The summed E-state index contributed by atoms with van der Waals surface area (Å²) in [5, 5.41) is 0.512. The number of rotatable bonds is 3. The molecule has 0 N–H and O–H groups in total. The summed E-state index contributed by atoms with van der Waals surface area (Å²) in [7, 11) is 1.31. The number of ether oxygens (including phenoxy) is 1. The van der Waals surface area contributed by atoms with E-state index in [1.54, 1.807) is 12.1 Å². The number of hydrogen-bond donors (Lipinski definition) is 0. The van der Waals surface area contributed by atoms with Gasteiger partial charge in [0.2, 0.25) is 0 Å². The molecular formula is C18H19NO6. The van der Waals surface area contributed by atoms with Gasteiger partial charge in [-0.05, 0) is 31.4 Å². The molecule has 5 rings (SSSR count). The standard InChI is InChI=1S/C16H13NO6.C2H6/c1-22-13(20)15-6-16(7-15,8-15)14(21)23-17-11(18)9-4-2-3-5-10(9)12(17)19;1-2/h2-5H,6-8H2,1H3;1-2H3. The molecule has 7 heteroatoms. The largest absolute Gasteiger partial charge is 0.469 e. The second kappa shape index (κ2) is 5.68. The molecule has 0 unspecified atom stereocenters. The lowest BCUT2D eigenvalue weighted by Crippen LogP contribution is -2.69. The van der Waals surface area contributed by atoms with Gasteiger partial charge in [0, 0.05) is 0 Å². The molecule has 3 aliphatic carbocycles. The zero-order valence-electron chi connectivity index (χ0n) is 14.3. The first-order valence-electron chi connectivity index (χ1n) is 8.21. The summed E-state index contributed by atoms with van der Waals surface area (Å²) in [5.74, 6) is -2.26. The van der Waals surface area contributed by atoms with Crippen LogP contribution in [0.25, 0.3) is 0 Å². The fourth-order valence-electron chi connectivity index (χ4n) is 3.87. The van der Waals surface area contributed by atoms with Gasteiger partial charge in [0.15, 0.2) is 0 Å². The summed E-state index contributed by atoms with van der Waals surface area (Å²) in [5.41, 5.74) is -0.929. The van der Waals surface area contributed by atoms with E-state index in [1.807, 2.05) is 13.8 Å². The maximum absolute atomic E-state index is 12.3. The molecule has 3 saturated carbocycles. The maximum atomic E-state index is 12.3. The van der Waals surface area contributed by atoms with Crippen molar-refractivity contribution in [3.63, 3.8) is 0 Å². The normalized spacial score (nSPS) is 28.0. The van der Waals surface area contributed by atoms with Crippen molar-refractivity contribution in [3.8, 4) is 0 Å². The van der Waals surface area contributed by atoms with Gasteiger partial charge in [-0.2, -0.15) is 0 Å². The molecule has 1 aromatic carbocycles. The van der Waals surface area contributed by atoms with Crippen LogP contribution in [0, 0.1) is 10.8 Å². The summed E-state index contributed by atoms with van der Waals surface area (Å²) in [6.45, 7) is 4.00. The zero-order valence-corrected chi connectivity index (χ0v) is 14.3. The number of methoxy groups -OCH3 is 1. The summed E-state index contributed by atoms with van der Waals surface area (Å²) < 4.78 is 4.72. The van der Waals surface area contributed by atoms with Gasteiger partial charge in [0.25, 0.3) is 11.8 Å². The number of carbonyl (C=O) groups excluding carboxylic acids is 4. The highest BCUT2D eigenvalue weighted by Crippen LogP contribution is 2.74. The Morgan fingerprint density at radius 2 is 1.36 bits per heavy atom. The molecule has 2 amide bonds. The molecule has 132 valence electrons. The highest BCUT2D eigenvalue weighted by Gasteiger charge is 2.77. The number of amides is 2. The second-order valence-electron chi connectivity index (χ2n) is 6.41. The van der Waals surface area contributed by atoms with Gasteiger partial charge in [-0.1, -0.05) is 31.0 Å². The monoisotopic (exact) mass is 345 g/mol. The van der Waals surface area contributed by atoms with E-state index in [0.29, 0.717) is 24.3 Å². The van der Waals surface area contributed by atoms with Crippen LogP contribution in [0.1, 0.15) is 53.8 Å². The van der Waals surface area contributed by atoms with Crippen LogP contribution in [0.15, 0.2) is 24.3 Å². The highest BCUT2D eigenvalue weighted by molar-refractivity contribution is 6.21. The van der Waals surface area contributed by atoms with Gasteiger partial charge in [0.05, 0.1) is 29.1 Å². The molecule has 1 aromatic rings. The first-order chi connectivity index (χ1) is 11.9. The summed E-state index contributed by atoms with van der Waals surface area (Å²) in [6.07, 6.45) is 1.03. The number of imide groups is 1. The number of carbonyl (C=O) groups is 4. The molecule has 0 saturated heterocycles. The Labute approximate surface area is 144 Å². The van der Waals surface area contributed by atoms with Crippen LogP contribution in [0.2, 0.25) is 0 Å². The molecule has 25 heavy (non-hydrogen) atoms. The fraction of sp³-hybridized carbons (Fsp3) is 0.444. The molecule has 2 bridgehead atoms. The fourth-order valence-corrected chi connectivity index (χ4v) is 3.87. The van der Waals surface area contributed by atoms with E-state index in [0.717, 1.165) is 0 Å². The van der Waals surface area contributed by atoms with Crippen molar-refractivity contribution >= 4 is 23.8 Å². The minimum Gasteiger partial charge on any atom is -0.469 e. The predicted octanol–water partition coefficient (Wildman–Crippen LogP) is 2.11. The van der Waals surface area contributed by atoms with Gasteiger partial charge in [-0.25, -0.2) is 4.79 Å². The Morgan fingerprint density at radius 1 is 0.920 bits per heavy atom. The van der Waals surface area contributed by atoms with E-state index < -0.39 is 28.6 Å². The number of benzene rings is 1. The van der Waals surface area contributed by atoms with Crippen LogP contribution in [0.4, 0.5) is 0 Å². The Bertz CT molecular complexity index is 729. The van der Waals surface area contributed by atoms with Crippen molar-refractivity contribution in [3.05, 3.63) is 35.4 Å². The van der Waals surface area contributed by atoms with Gasteiger partial charge >= 0.3 is 11.9 Å². The highest BCUT2D eigenvalue weighted by atomic mass is 16.7. The van der Waals surface area contributed by atoms with Crippen LogP contribution >= 0.6 is 0 Å². The Kier molecular flexibility index (Phi) is 3.89. The topological polar surface area (TPSA) is 90.0 Å². The molecule has 0 atom stereocenters. The van der Waals surface area contributed by atoms with Gasteiger partial charge in [0.1, 0.15) is 0 Å². The Balaban J connectivity index is 0.000000880. The molecule has 7 nitrogen and oxygen atoms in total. The van der Waals surface area contributed by atoms with Crippen LogP contribution in [0.3, 0.4) is 0 Å². The van der Waals surface area contributed by atoms with Gasteiger partial charge < -0.3 is 9.57 Å². The van der Waals surface area contributed by atoms with Crippen molar-refractivity contribution in [2.75, 3.05) is 7.11 Å². The molecule has 3 fully saturated rings. The predicted molar refractivity (Wildman–Crippen MR) is 85.1 cm³/mol. The van der Waals surface area contributed by atoms with E-state index in [2.05, 4.69) is 0 Å². The van der Waals surface area contributed by atoms with E-state index in [1.165, 1.54) is 19.2 Å². The van der Waals surface area contributed by atoms with Crippen LogP contribution in [-0.4, -0.2) is 35.9 Å². The Morgan fingerprint density at radius 3 is 1.80 bits per heavy atom. The lowest BCUT2D eigenvalue weighted by Gasteiger charge is -2.65. The lowest BCUT2D eigenvalue weighted by atomic mass is 9.35. The van der Waals surface area contributed by atoms with Crippen molar-refractivity contribution in [1.82, 2.24) is 5.06 Å². The second-order valence-corrected chi connectivity index (χ2v) is 6.41. The number of hydrogen-bond acceptors (Lipinski definition) is 6. The number of esters is 1. The van der Waals surface area contributed by atoms with Crippen LogP contribution in [-0.2, 0) is 19.2 Å². The van der Waals surface area contributed by atoms with Gasteiger partial charge in [-0.15, -0.1) is 0 Å². The maximum Gasteiger partial charge on any atom is 0.339 e. The van der Waals surface area contributed by atoms with Crippen LogP contribution in [0.5, 0.6) is 0 Å². The van der Waals surface area contributed by atoms with Gasteiger partial charge in [-0.3, -0.25) is 14.4 Å². The quantitative estimate of drug-likeness (QED) is 0.616. The van der Waals surface area contributed by atoms with E-state index >= 15 is 0 Å². The van der Waals surface area contributed by atoms with Crippen molar-refractivity contribution in [1.29, 1.82) is 0 Å². The molecular weight excluding hydrogens is 326 g/mol. The minimum atomic E-state index is -0.774. The molecule has 4 aliphatic rings. The first-order valence-corrected chi connectivity index (χ1v) is 8.21. The molecule has 0 radical (unpaired) electrons. The minimum absolute atomic E-state index is 0.217. The molecule has 0 spiro atoms. The molecule has 1 heterocycles. The van der Waals surface area contributed by atoms with Crippen LogP contribution < -0.4 is 0 Å². The smallest absolute Gasteiger partial charge is 0.339 e. The summed E-state index contributed by atoms with van der Waals surface area (Å²) in [6, 6.07) is 6.29. The van der Waals surface area contributed by atoms with E-state index in [-0.39, 0.29) is 17.1 Å². The summed E-state index contributed by atoms with van der Waals surface area (Å²) in [4.78, 5) is 53.3. The summed E-state index contributed by atoms with van der Waals surface area (Å²) >= 11 is 0. The van der Waals surface area contributed by atoms with E-state index in [4.69, 9.17) is 9.57 Å². The first kappa shape index (κ1) is 17.1. The zero-order chi connectivity index (χ0) is 18.4. The van der Waals surface area contributed by atoms with Crippen molar-refractivity contribution in [2.24, 2.45) is 10.8 Å². The number of fused-ring (bicyclic) bond motifs is 1. The number of hydroxylamine groups is 2. The SMILES string of the molecule is CC.COC(=O)C12CC(C(=O)ON3C(=O)c4ccccc4C3=O)(C1)C2. The molecule has 0 aromatic heterocycles. The van der Waals surface area contributed by atoms with Crippen molar-refractivity contribution < 1.29 is 28.8 Å². The third kappa shape index (κ3) is 2.18.